The van der Waals surface area contributed by atoms with E-state index in [4.69, 9.17) is 4.74 Å². The molecule has 0 unspecified atom stereocenters. The first-order valence-corrected chi connectivity index (χ1v) is 7.35. The smallest absolute Gasteiger partial charge is 0.148 e. The van der Waals surface area contributed by atoms with Crippen LogP contribution in [0, 0.1) is 5.82 Å². The lowest BCUT2D eigenvalue weighted by Gasteiger charge is -2.29. The molecule has 1 aliphatic carbocycles. The van der Waals surface area contributed by atoms with E-state index < -0.39 is 0 Å². The predicted molar refractivity (Wildman–Crippen MR) is 80.6 cm³/mol. The number of nitrogens with zero attached hydrogens (tertiary/aromatic N) is 1. The number of hydrogen-bond donors (Lipinski definition) is 2. The Morgan fingerprint density at radius 1 is 1.24 bits per heavy atom. The first-order valence-electron chi connectivity index (χ1n) is 7.35. The van der Waals surface area contributed by atoms with Gasteiger partial charge in [0.2, 0.25) is 0 Å². The number of aromatic amines is 1. The molecule has 0 bridgehead atoms. The summed E-state index contributed by atoms with van der Waals surface area (Å²) in [5.41, 5.74) is 4.24. The minimum Gasteiger partial charge on any atom is -0.384 e. The molecule has 0 amide bonds. The molecule has 2 aromatic rings. The molecule has 1 aromatic carbocycles. The molecule has 4 rings (SSSR count). The highest BCUT2D eigenvalue weighted by atomic mass is 19.1. The van der Waals surface area contributed by atoms with Crippen molar-refractivity contribution in [3.8, 4) is 0 Å². The molecule has 110 valence electrons. The molecule has 5 heteroatoms. The van der Waals surface area contributed by atoms with Gasteiger partial charge in [0.1, 0.15) is 5.82 Å². The van der Waals surface area contributed by atoms with Crippen molar-refractivity contribution >= 4 is 11.4 Å². The zero-order valence-electron chi connectivity index (χ0n) is 11.7. The van der Waals surface area contributed by atoms with Crippen molar-refractivity contribution in [2.75, 3.05) is 43.1 Å². The van der Waals surface area contributed by atoms with Crippen LogP contribution in [0.3, 0.4) is 0 Å². The fraction of sp³-hybridized carbons (Fsp3) is 0.375. The summed E-state index contributed by atoms with van der Waals surface area (Å²) in [4.78, 5) is 5.11. The molecule has 2 aliphatic rings. The minimum atomic E-state index is -0.169. The van der Waals surface area contributed by atoms with Gasteiger partial charge in [-0.3, -0.25) is 0 Å². The molecule has 0 spiro atoms. The third-order valence-electron chi connectivity index (χ3n) is 4.29. The Morgan fingerprint density at radius 3 is 2.71 bits per heavy atom. The highest BCUT2D eigenvalue weighted by Gasteiger charge is 2.32. The van der Waals surface area contributed by atoms with Gasteiger partial charge in [-0.1, -0.05) is 0 Å². The van der Waals surface area contributed by atoms with Crippen LogP contribution in [0.1, 0.15) is 17.0 Å². The molecule has 1 fully saturated rings. The molecule has 0 atom stereocenters. The Labute approximate surface area is 122 Å². The van der Waals surface area contributed by atoms with E-state index in [2.05, 4.69) is 10.3 Å². The number of aromatic nitrogens is 1. The van der Waals surface area contributed by atoms with E-state index in [0.29, 0.717) is 24.8 Å². The number of morpholine rings is 1. The highest BCUT2D eigenvalue weighted by Crippen LogP contribution is 2.42. The lowest BCUT2D eigenvalue weighted by molar-refractivity contribution is 0.122. The number of halogens is 1. The van der Waals surface area contributed by atoms with Gasteiger partial charge in [0.25, 0.3) is 0 Å². The van der Waals surface area contributed by atoms with Crippen LogP contribution in [0.4, 0.5) is 15.8 Å². The Bertz CT molecular complexity index is 630. The van der Waals surface area contributed by atoms with Gasteiger partial charge in [-0.15, -0.1) is 0 Å². The quantitative estimate of drug-likeness (QED) is 0.908. The maximum atomic E-state index is 14.3. The molecule has 2 N–H and O–H groups in total. The summed E-state index contributed by atoms with van der Waals surface area (Å²) in [6.07, 6.45) is 4.06. The number of rotatable bonds is 4. The topological polar surface area (TPSA) is 40.3 Å². The summed E-state index contributed by atoms with van der Waals surface area (Å²) in [5, 5.41) is 3.31. The van der Waals surface area contributed by atoms with E-state index in [1.165, 1.54) is 11.1 Å². The second-order valence-electron chi connectivity index (χ2n) is 5.57. The van der Waals surface area contributed by atoms with Gasteiger partial charge in [-0.2, -0.15) is 0 Å². The summed E-state index contributed by atoms with van der Waals surface area (Å²) >= 11 is 0. The fourth-order valence-electron chi connectivity index (χ4n) is 3.01. The Kier molecular flexibility index (Phi) is 3.07. The van der Waals surface area contributed by atoms with Gasteiger partial charge in [0.05, 0.1) is 18.9 Å². The molecule has 2 heterocycles. The molecule has 1 saturated heterocycles. The lowest BCUT2D eigenvalue weighted by Crippen LogP contribution is -2.36. The van der Waals surface area contributed by atoms with Crippen molar-refractivity contribution in [2.45, 2.75) is 5.92 Å². The number of hydrogen-bond acceptors (Lipinski definition) is 3. The average molecular weight is 287 g/mol. The first kappa shape index (κ1) is 12.7. The van der Waals surface area contributed by atoms with E-state index in [9.17, 15) is 4.39 Å². The zero-order valence-corrected chi connectivity index (χ0v) is 11.7. The van der Waals surface area contributed by atoms with Gasteiger partial charge in [0, 0.05) is 43.6 Å². The third kappa shape index (κ3) is 2.38. The van der Waals surface area contributed by atoms with Crippen LogP contribution in [0.2, 0.25) is 0 Å². The van der Waals surface area contributed by atoms with E-state index in [-0.39, 0.29) is 5.82 Å². The van der Waals surface area contributed by atoms with Crippen LogP contribution >= 0.6 is 0 Å². The second kappa shape index (κ2) is 5.07. The largest absolute Gasteiger partial charge is 0.384 e. The summed E-state index contributed by atoms with van der Waals surface area (Å²) in [5.74, 6) is 0.325. The Hall–Kier alpha value is -2.01. The van der Waals surface area contributed by atoms with Crippen molar-refractivity contribution in [1.82, 2.24) is 4.98 Å². The molecular weight excluding hydrogens is 269 g/mol. The SMILES string of the molecule is Fc1cc(NCC2c3c[nH]cc32)ccc1N1CCOCC1. The van der Waals surface area contributed by atoms with E-state index in [1.54, 1.807) is 6.07 Å². The van der Waals surface area contributed by atoms with Crippen LogP contribution in [-0.4, -0.2) is 37.8 Å². The molecule has 0 saturated carbocycles. The zero-order chi connectivity index (χ0) is 14.2. The number of anilines is 2. The van der Waals surface area contributed by atoms with Gasteiger partial charge in [0.15, 0.2) is 0 Å². The van der Waals surface area contributed by atoms with Gasteiger partial charge >= 0.3 is 0 Å². The Morgan fingerprint density at radius 2 is 2.00 bits per heavy atom. The van der Waals surface area contributed by atoms with Gasteiger partial charge < -0.3 is 19.9 Å². The first-order chi connectivity index (χ1) is 10.3. The van der Waals surface area contributed by atoms with E-state index in [0.717, 1.165) is 25.3 Å². The molecular formula is C16H18FN3O. The van der Waals surface area contributed by atoms with Crippen molar-refractivity contribution in [1.29, 1.82) is 0 Å². The van der Waals surface area contributed by atoms with E-state index >= 15 is 0 Å². The Balaban J connectivity index is 1.40. The number of H-pyrrole nitrogens is 1. The monoisotopic (exact) mass is 287 g/mol. The number of fused-ring (bicyclic) bond motifs is 1. The standard InChI is InChI=1S/C16H18FN3O/c17-15-7-11(19-10-14-12-8-18-9-13(12)14)1-2-16(15)20-3-5-21-6-4-20/h1-2,7-9,14,18-19H,3-6,10H2. The van der Waals surface area contributed by atoms with Gasteiger partial charge in [-0.25, -0.2) is 4.39 Å². The van der Waals surface area contributed by atoms with Gasteiger partial charge in [-0.05, 0) is 29.3 Å². The third-order valence-corrected chi connectivity index (χ3v) is 4.29. The maximum Gasteiger partial charge on any atom is 0.148 e. The fourth-order valence-corrected chi connectivity index (χ4v) is 3.01. The summed E-state index contributed by atoms with van der Waals surface area (Å²) in [7, 11) is 0. The normalized spacial score (nSPS) is 17.7. The van der Waals surface area contributed by atoms with Crippen molar-refractivity contribution in [3.63, 3.8) is 0 Å². The lowest BCUT2D eigenvalue weighted by atomic mass is 10.2. The number of ether oxygens (including phenoxy) is 1. The average Bonchev–Trinajstić information content (AvgIpc) is 2.94. The second-order valence-corrected chi connectivity index (χ2v) is 5.57. The van der Waals surface area contributed by atoms with E-state index in [1.807, 2.05) is 29.4 Å². The van der Waals surface area contributed by atoms with Crippen LogP contribution < -0.4 is 10.2 Å². The highest BCUT2D eigenvalue weighted by molar-refractivity contribution is 5.58. The molecule has 1 aromatic heterocycles. The molecule has 4 nitrogen and oxygen atoms in total. The number of benzene rings is 1. The van der Waals surface area contributed by atoms with Crippen LogP contribution in [0.15, 0.2) is 30.6 Å². The van der Waals surface area contributed by atoms with Crippen LogP contribution in [0.25, 0.3) is 0 Å². The van der Waals surface area contributed by atoms with Crippen molar-refractivity contribution in [2.24, 2.45) is 0 Å². The summed E-state index contributed by atoms with van der Waals surface area (Å²) < 4.78 is 19.6. The van der Waals surface area contributed by atoms with Crippen LogP contribution in [0.5, 0.6) is 0 Å². The summed E-state index contributed by atoms with van der Waals surface area (Å²) in [6.45, 7) is 3.66. The van der Waals surface area contributed by atoms with Crippen LogP contribution in [-0.2, 0) is 4.74 Å². The molecule has 21 heavy (non-hydrogen) atoms. The van der Waals surface area contributed by atoms with Crippen molar-refractivity contribution in [3.05, 3.63) is 47.5 Å². The van der Waals surface area contributed by atoms with Crippen molar-refractivity contribution < 1.29 is 9.13 Å². The predicted octanol–water partition coefficient (Wildman–Crippen LogP) is 2.55. The molecule has 1 aliphatic heterocycles. The number of nitrogens with one attached hydrogen (secondary N) is 2. The maximum absolute atomic E-state index is 14.3. The summed E-state index contributed by atoms with van der Waals surface area (Å²) in [6, 6.07) is 5.40. The minimum absolute atomic E-state index is 0.169. The molecule has 0 radical (unpaired) electrons.